The summed E-state index contributed by atoms with van der Waals surface area (Å²) in [5.74, 6) is 0.697. The fourth-order valence-electron chi connectivity index (χ4n) is 2.63. The quantitative estimate of drug-likeness (QED) is 0.421. The molecule has 0 bridgehead atoms. The smallest absolute Gasteiger partial charge is 0.304 e. The number of nitrogens with zero attached hydrogens (tertiary/aromatic N) is 1. The number of aliphatic hydroxyl groups is 1. The van der Waals surface area contributed by atoms with Crippen LogP contribution in [-0.2, 0) is 9.59 Å². The van der Waals surface area contributed by atoms with Crippen molar-refractivity contribution in [1.29, 1.82) is 0 Å². The fraction of sp³-hybridized carbons (Fsp3) is 0.765. The van der Waals surface area contributed by atoms with Crippen molar-refractivity contribution >= 4 is 23.6 Å². The number of likely N-dealkylation sites (tertiary alicyclic amines) is 1. The third-order valence-corrected chi connectivity index (χ3v) is 4.93. The van der Waals surface area contributed by atoms with Gasteiger partial charge in [-0.15, -0.1) is 0 Å². The lowest BCUT2D eigenvalue weighted by molar-refractivity contribution is -0.136. The predicted molar refractivity (Wildman–Crippen MR) is 93.6 cm³/mol. The van der Waals surface area contributed by atoms with E-state index in [9.17, 15) is 14.7 Å². The van der Waals surface area contributed by atoms with E-state index in [1.54, 1.807) is 11.8 Å². The third kappa shape index (κ3) is 8.42. The average molecular weight is 343 g/mol. The molecule has 0 unspecified atom stereocenters. The maximum absolute atomic E-state index is 11.9. The van der Waals surface area contributed by atoms with Gasteiger partial charge in [0.05, 0.1) is 18.6 Å². The monoisotopic (exact) mass is 343 g/mol. The Morgan fingerprint density at radius 3 is 2.91 bits per heavy atom. The first-order valence-electron chi connectivity index (χ1n) is 8.50. The standard InChI is InChI=1S/C17H29NO4S/c1-2-3-4-5-15(19)8-6-14-7-9-16(20)18(14)11-13-23-12-10-17(21)22/h6,8,14-15,19H,2-5,7,9-13H2,1H3,(H,21,22)/b8-6+/t14-,15-/m0/s1. The number of carboxylic acid groups (broad SMARTS) is 1. The highest BCUT2D eigenvalue weighted by Crippen LogP contribution is 2.21. The normalized spacial score (nSPS) is 19.7. The number of rotatable bonds is 12. The summed E-state index contributed by atoms with van der Waals surface area (Å²) < 4.78 is 0. The van der Waals surface area contributed by atoms with Gasteiger partial charge >= 0.3 is 5.97 Å². The van der Waals surface area contributed by atoms with E-state index >= 15 is 0 Å². The number of aliphatic carboxylic acids is 1. The molecule has 23 heavy (non-hydrogen) atoms. The first kappa shape index (κ1) is 20.0. The molecule has 0 aromatic carbocycles. The van der Waals surface area contributed by atoms with Crippen LogP contribution in [0.5, 0.6) is 0 Å². The summed E-state index contributed by atoms with van der Waals surface area (Å²) in [5, 5.41) is 18.5. The largest absolute Gasteiger partial charge is 0.481 e. The SMILES string of the molecule is CCCCC[C@H](O)/C=C/[C@H]1CCC(=O)N1CCSCCC(=O)O. The van der Waals surface area contributed by atoms with Crippen LogP contribution in [0.3, 0.4) is 0 Å². The van der Waals surface area contributed by atoms with Gasteiger partial charge in [0.15, 0.2) is 0 Å². The number of carbonyl (C=O) groups excluding carboxylic acids is 1. The van der Waals surface area contributed by atoms with Crippen molar-refractivity contribution in [1.82, 2.24) is 4.90 Å². The van der Waals surface area contributed by atoms with Crippen LogP contribution in [0, 0.1) is 0 Å². The minimum absolute atomic E-state index is 0.0726. The van der Waals surface area contributed by atoms with Crippen LogP contribution < -0.4 is 0 Å². The van der Waals surface area contributed by atoms with Gasteiger partial charge in [0, 0.05) is 24.5 Å². The molecule has 1 aliphatic rings. The molecule has 0 aliphatic carbocycles. The highest BCUT2D eigenvalue weighted by Gasteiger charge is 2.28. The Bertz CT molecular complexity index is 400. The summed E-state index contributed by atoms with van der Waals surface area (Å²) >= 11 is 1.56. The van der Waals surface area contributed by atoms with Gasteiger partial charge in [-0.2, -0.15) is 11.8 Å². The molecule has 1 aliphatic heterocycles. The fourth-order valence-corrected chi connectivity index (χ4v) is 3.48. The lowest BCUT2D eigenvalue weighted by atomic mass is 10.1. The Morgan fingerprint density at radius 1 is 1.43 bits per heavy atom. The van der Waals surface area contributed by atoms with Crippen molar-refractivity contribution < 1.29 is 19.8 Å². The van der Waals surface area contributed by atoms with E-state index < -0.39 is 12.1 Å². The number of aliphatic hydroxyl groups excluding tert-OH is 1. The molecule has 6 heteroatoms. The first-order chi connectivity index (χ1) is 11.0. The molecule has 0 aromatic heterocycles. The molecule has 2 N–H and O–H groups in total. The second-order valence-electron chi connectivity index (χ2n) is 5.90. The van der Waals surface area contributed by atoms with Crippen LogP contribution in [0.1, 0.15) is 51.9 Å². The zero-order valence-corrected chi connectivity index (χ0v) is 14.8. The highest BCUT2D eigenvalue weighted by molar-refractivity contribution is 7.99. The summed E-state index contributed by atoms with van der Waals surface area (Å²) in [5.41, 5.74) is 0. The number of hydrogen-bond donors (Lipinski definition) is 2. The first-order valence-corrected chi connectivity index (χ1v) is 9.65. The van der Waals surface area contributed by atoms with Gasteiger partial charge in [-0.1, -0.05) is 38.3 Å². The summed E-state index contributed by atoms with van der Waals surface area (Å²) in [6.07, 6.45) is 8.94. The maximum Gasteiger partial charge on any atom is 0.304 e. The molecule has 132 valence electrons. The van der Waals surface area contributed by atoms with E-state index in [1.165, 1.54) is 0 Å². The minimum atomic E-state index is -0.785. The zero-order valence-electron chi connectivity index (χ0n) is 13.9. The minimum Gasteiger partial charge on any atom is -0.481 e. The van der Waals surface area contributed by atoms with E-state index in [1.807, 2.05) is 17.1 Å². The lowest BCUT2D eigenvalue weighted by Crippen LogP contribution is -2.34. The summed E-state index contributed by atoms with van der Waals surface area (Å²) in [7, 11) is 0. The van der Waals surface area contributed by atoms with Gasteiger partial charge in [-0.3, -0.25) is 9.59 Å². The van der Waals surface area contributed by atoms with Crippen molar-refractivity contribution in [2.75, 3.05) is 18.1 Å². The van der Waals surface area contributed by atoms with Crippen molar-refractivity contribution in [2.24, 2.45) is 0 Å². The summed E-state index contributed by atoms with van der Waals surface area (Å²) in [6, 6.07) is 0.0726. The Kier molecular flexibility index (Phi) is 10.0. The number of thioether (sulfide) groups is 1. The van der Waals surface area contributed by atoms with Crippen LogP contribution >= 0.6 is 11.8 Å². The third-order valence-electron chi connectivity index (χ3n) is 3.97. The molecule has 1 saturated heterocycles. The van der Waals surface area contributed by atoms with Crippen LogP contribution in [0.4, 0.5) is 0 Å². The Morgan fingerprint density at radius 2 is 2.22 bits per heavy atom. The maximum atomic E-state index is 11.9. The van der Waals surface area contributed by atoms with Gasteiger partial charge in [0.1, 0.15) is 0 Å². The van der Waals surface area contributed by atoms with E-state index in [2.05, 4.69) is 6.92 Å². The molecule has 0 radical (unpaired) electrons. The second-order valence-corrected chi connectivity index (χ2v) is 7.12. The number of hydrogen-bond acceptors (Lipinski definition) is 4. The van der Waals surface area contributed by atoms with Crippen LogP contribution in [0.2, 0.25) is 0 Å². The van der Waals surface area contributed by atoms with Crippen LogP contribution in [0.25, 0.3) is 0 Å². The molecule has 1 amide bonds. The molecule has 0 spiro atoms. The molecule has 0 aromatic rings. The Hall–Kier alpha value is -1.01. The molecule has 1 rings (SSSR count). The lowest BCUT2D eigenvalue weighted by Gasteiger charge is -2.22. The van der Waals surface area contributed by atoms with E-state index in [4.69, 9.17) is 5.11 Å². The van der Waals surface area contributed by atoms with Crippen LogP contribution in [-0.4, -0.2) is 57.2 Å². The Balaban J connectivity index is 2.32. The molecule has 5 nitrogen and oxygen atoms in total. The van der Waals surface area contributed by atoms with Gasteiger partial charge in [-0.25, -0.2) is 0 Å². The topological polar surface area (TPSA) is 77.8 Å². The molecular formula is C17H29NO4S. The van der Waals surface area contributed by atoms with E-state index in [-0.39, 0.29) is 18.4 Å². The van der Waals surface area contributed by atoms with Gasteiger partial charge in [0.2, 0.25) is 5.91 Å². The number of carbonyl (C=O) groups is 2. The van der Waals surface area contributed by atoms with E-state index in [0.717, 1.165) is 37.9 Å². The summed E-state index contributed by atoms with van der Waals surface area (Å²) in [6.45, 7) is 2.78. The van der Waals surface area contributed by atoms with Crippen molar-refractivity contribution in [3.05, 3.63) is 12.2 Å². The van der Waals surface area contributed by atoms with Crippen LogP contribution in [0.15, 0.2) is 12.2 Å². The number of unbranched alkanes of at least 4 members (excludes halogenated alkanes) is 2. The van der Waals surface area contributed by atoms with Gasteiger partial charge < -0.3 is 15.1 Å². The van der Waals surface area contributed by atoms with Crippen molar-refractivity contribution in [3.8, 4) is 0 Å². The summed E-state index contributed by atoms with van der Waals surface area (Å²) in [4.78, 5) is 24.2. The predicted octanol–water partition coefficient (Wildman–Crippen LogP) is 2.68. The van der Waals surface area contributed by atoms with E-state index in [0.29, 0.717) is 18.7 Å². The zero-order chi connectivity index (χ0) is 17.1. The van der Waals surface area contributed by atoms with Gasteiger partial charge in [0.25, 0.3) is 0 Å². The molecule has 0 saturated carbocycles. The second kappa shape index (κ2) is 11.5. The molecular weight excluding hydrogens is 314 g/mol. The Labute approximate surface area is 143 Å². The van der Waals surface area contributed by atoms with Crippen molar-refractivity contribution in [2.45, 2.75) is 64.0 Å². The number of amides is 1. The van der Waals surface area contributed by atoms with Crippen molar-refractivity contribution in [3.63, 3.8) is 0 Å². The molecule has 1 heterocycles. The molecule has 1 fully saturated rings. The average Bonchev–Trinajstić information content (AvgIpc) is 2.85. The highest BCUT2D eigenvalue weighted by atomic mass is 32.2. The number of carboxylic acids is 1. The molecule has 2 atom stereocenters. The van der Waals surface area contributed by atoms with Gasteiger partial charge in [-0.05, 0) is 12.8 Å².